The molecular formula is C25H20F7IN8O3S. The number of hydrogen-bond acceptors (Lipinski definition) is 9. The number of pyridine rings is 1. The van der Waals surface area contributed by atoms with Gasteiger partial charge in [0.25, 0.3) is 11.8 Å². The maximum Gasteiger partial charge on any atom is 0.573 e. The molecule has 1 atom stereocenters. The molecule has 1 unspecified atom stereocenters. The first kappa shape index (κ1) is 33.9. The zero-order valence-corrected chi connectivity index (χ0v) is 25.5. The van der Waals surface area contributed by atoms with Gasteiger partial charge in [0.15, 0.2) is 5.69 Å². The fourth-order valence-electron chi connectivity index (χ4n) is 3.61. The summed E-state index contributed by atoms with van der Waals surface area (Å²) in [5.74, 6) is -2.93. The zero-order valence-electron chi connectivity index (χ0n) is 22.5. The van der Waals surface area contributed by atoms with Crippen LogP contribution < -0.4 is 15.4 Å². The minimum atomic E-state index is -4.98. The number of nitrogens with zero attached hydrogens (tertiary/aromatic N) is 6. The largest absolute Gasteiger partial charge is 0.573 e. The topological polar surface area (TPSA) is 137 Å². The molecule has 0 fully saturated rings. The fourth-order valence-corrected chi connectivity index (χ4v) is 4.70. The quantitative estimate of drug-likeness (QED) is 0.112. The van der Waals surface area contributed by atoms with E-state index in [9.17, 15) is 40.3 Å². The van der Waals surface area contributed by atoms with Gasteiger partial charge in [-0.1, -0.05) is 16.6 Å². The van der Waals surface area contributed by atoms with Crippen LogP contribution in [0.2, 0.25) is 0 Å². The summed E-state index contributed by atoms with van der Waals surface area (Å²) in [6.45, 7) is -0.802. The Labute approximate surface area is 266 Å². The normalized spacial score (nSPS) is 12.5. The van der Waals surface area contributed by atoms with Crippen LogP contribution in [0.5, 0.6) is 5.75 Å². The third-order valence-corrected chi connectivity index (χ3v) is 7.37. The molecule has 0 aliphatic rings. The minimum absolute atomic E-state index is 0.0160. The maximum absolute atomic E-state index is 14.6. The maximum atomic E-state index is 14.6. The van der Waals surface area contributed by atoms with Gasteiger partial charge in [-0.2, -0.15) is 8.78 Å². The summed E-state index contributed by atoms with van der Waals surface area (Å²) in [7, 11) is 0. The number of alkyl halides is 7. The van der Waals surface area contributed by atoms with E-state index in [1.165, 1.54) is 12.1 Å². The summed E-state index contributed by atoms with van der Waals surface area (Å²) in [6.07, 6.45) is -4.18. The summed E-state index contributed by atoms with van der Waals surface area (Å²) >= 11 is 1.93. The van der Waals surface area contributed by atoms with Gasteiger partial charge >= 0.3 is 10.3 Å². The number of ether oxygens (including phenoxy) is 1. The van der Waals surface area contributed by atoms with E-state index in [4.69, 9.17) is 0 Å². The van der Waals surface area contributed by atoms with Gasteiger partial charge in [0.2, 0.25) is 5.01 Å². The van der Waals surface area contributed by atoms with Gasteiger partial charge in [-0.15, -0.1) is 28.5 Å². The number of aryl methyl sites for hydroxylation is 1. The molecule has 4 aromatic rings. The molecule has 0 saturated carbocycles. The van der Waals surface area contributed by atoms with Gasteiger partial charge in [-0.3, -0.25) is 14.6 Å². The molecule has 0 aliphatic carbocycles. The molecule has 20 heteroatoms. The Morgan fingerprint density at radius 1 is 1.02 bits per heavy atom. The smallest absolute Gasteiger partial charge is 0.406 e. The number of nitrogens with one attached hydrogen (secondary N) is 2. The Bertz CT molecular complexity index is 1630. The molecule has 1 aromatic carbocycles. The predicted molar refractivity (Wildman–Crippen MR) is 151 cm³/mol. The van der Waals surface area contributed by atoms with E-state index in [1.807, 2.05) is 0 Å². The van der Waals surface area contributed by atoms with Crippen LogP contribution >= 0.6 is 33.9 Å². The molecular weight excluding hydrogens is 752 g/mol. The molecule has 2 amide bonds. The zero-order chi connectivity index (χ0) is 32.8. The van der Waals surface area contributed by atoms with Crippen LogP contribution in [-0.4, -0.2) is 54.5 Å². The third-order valence-electron chi connectivity index (χ3n) is 5.76. The SMILES string of the molecule is O=C(NCc1cc(OC(F)(F)F)ccc1F)c1cn(CC(F)CCc2nnc(C(=O)NCc3ccc(C(F)(F)I)cn3)s2)nn1. The summed E-state index contributed by atoms with van der Waals surface area (Å²) in [4.78, 5) is 28.6. The predicted octanol–water partition coefficient (Wildman–Crippen LogP) is 4.88. The Kier molecular flexibility index (Phi) is 10.9. The van der Waals surface area contributed by atoms with Crippen LogP contribution in [0.3, 0.4) is 0 Å². The van der Waals surface area contributed by atoms with Crippen molar-refractivity contribution < 1.29 is 45.1 Å². The molecule has 0 aliphatic heterocycles. The average molecular weight is 772 g/mol. The summed E-state index contributed by atoms with van der Waals surface area (Å²) in [5.41, 5.74) is -0.428. The highest BCUT2D eigenvalue weighted by Crippen LogP contribution is 2.34. The number of rotatable bonds is 13. The van der Waals surface area contributed by atoms with Crippen LogP contribution in [0.25, 0.3) is 0 Å². The van der Waals surface area contributed by atoms with Crippen molar-refractivity contribution in [3.8, 4) is 5.75 Å². The Morgan fingerprint density at radius 2 is 1.78 bits per heavy atom. The Hall–Kier alpha value is -3.95. The van der Waals surface area contributed by atoms with Gasteiger partial charge in [0.1, 0.15) is 22.7 Å². The summed E-state index contributed by atoms with van der Waals surface area (Å²) in [6, 6.07) is 4.91. The van der Waals surface area contributed by atoms with Crippen molar-refractivity contribution in [2.24, 2.45) is 0 Å². The van der Waals surface area contributed by atoms with Crippen molar-refractivity contribution >= 4 is 45.7 Å². The minimum Gasteiger partial charge on any atom is -0.406 e. The molecule has 3 aromatic heterocycles. The molecule has 0 saturated heterocycles. The van der Waals surface area contributed by atoms with Crippen molar-refractivity contribution in [3.05, 3.63) is 81.1 Å². The number of amides is 2. The van der Waals surface area contributed by atoms with E-state index >= 15 is 0 Å². The highest BCUT2D eigenvalue weighted by molar-refractivity contribution is 14.1. The molecule has 11 nitrogen and oxygen atoms in total. The monoisotopic (exact) mass is 772 g/mol. The summed E-state index contributed by atoms with van der Waals surface area (Å²) in [5, 5.41) is 20.2. The Morgan fingerprint density at radius 3 is 2.47 bits per heavy atom. The van der Waals surface area contributed by atoms with E-state index in [1.54, 1.807) is 0 Å². The first-order valence-corrected chi connectivity index (χ1v) is 14.5. The molecule has 240 valence electrons. The lowest BCUT2D eigenvalue weighted by Crippen LogP contribution is -2.24. The first-order chi connectivity index (χ1) is 21.2. The number of carbonyl (C=O) groups excluding carboxylic acids is 2. The van der Waals surface area contributed by atoms with Gasteiger partial charge in [-0.25, -0.2) is 13.5 Å². The molecule has 3 heterocycles. The van der Waals surface area contributed by atoms with Gasteiger partial charge < -0.3 is 15.4 Å². The molecule has 45 heavy (non-hydrogen) atoms. The van der Waals surface area contributed by atoms with Crippen LogP contribution in [0.4, 0.5) is 30.7 Å². The number of halogens is 8. The highest BCUT2D eigenvalue weighted by atomic mass is 127. The average Bonchev–Trinajstić information content (AvgIpc) is 3.64. The molecule has 0 spiro atoms. The molecule has 2 N–H and O–H groups in total. The summed E-state index contributed by atoms with van der Waals surface area (Å²) < 4.78 is 94.1. The van der Waals surface area contributed by atoms with Crippen LogP contribution in [-0.2, 0) is 30.0 Å². The lowest BCUT2D eigenvalue weighted by atomic mass is 10.2. The first-order valence-electron chi connectivity index (χ1n) is 12.7. The van der Waals surface area contributed by atoms with Crippen LogP contribution in [0.15, 0.2) is 42.7 Å². The number of hydrogen-bond donors (Lipinski definition) is 2. The second-order valence-corrected chi connectivity index (χ2v) is 11.6. The van der Waals surface area contributed by atoms with Crippen molar-refractivity contribution in [1.82, 2.24) is 40.8 Å². The van der Waals surface area contributed by atoms with Crippen molar-refractivity contribution in [2.45, 2.75) is 48.9 Å². The van der Waals surface area contributed by atoms with Crippen LogP contribution in [0, 0.1) is 5.82 Å². The van der Waals surface area contributed by atoms with E-state index in [-0.39, 0.29) is 47.8 Å². The lowest BCUT2D eigenvalue weighted by Gasteiger charge is -2.11. The standard InChI is InChI=1S/C25H20F7IN8O3S/c26-15(2-6-20-38-39-23(45-20)22(43)36-10-16-3-1-14(9-34-16)24(28,29)33)11-41-12-19(37-40-41)21(42)35-8-13-7-17(4-5-18(13)27)44-25(30,31)32/h1,3-5,7,9,12,15H,2,6,8,10-11H2,(H,35,42)(H,36,43). The third kappa shape index (κ3) is 10.3. The molecule has 0 bridgehead atoms. The van der Waals surface area contributed by atoms with Gasteiger partial charge in [0, 0.05) is 52.9 Å². The second-order valence-electron chi connectivity index (χ2n) is 9.17. The van der Waals surface area contributed by atoms with Crippen LogP contribution in [0.1, 0.15) is 48.5 Å². The van der Waals surface area contributed by atoms with Gasteiger partial charge in [0.05, 0.1) is 25.0 Å². The number of carbonyl (C=O) groups is 2. The number of benzene rings is 1. The van der Waals surface area contributed by atoms with Gasteiger partial charge in [-0.05, 0) is 36.8 Å². The fraction of sp³-hybridized carbons (Fsp3) is 0.320. The van der Waals surface area contributed by atoms with Crippen molar-refractivity contribution in [2.75, 3.05) is 0 Å². The number of aromatic nitrogens is 6. The highest BCUT2D eigenvalue weighted by Gasteiger charge is 2.31. The molecule has 4 rings (SSSR count). The Balaban J connectivity index is 1.21. The van der Waals surface area contributed by atoms with E-state index in [2.05, 4.69) is 40.9 Å². The van der Waals surface area contributed by atoms with Crippen molar-refractivity contribution in [3.63, 3.8) is 0 Å². The van der Waals surface area contributed by atoms with E-state index < -0.39 is 46.4 Å². The van der Waals surface area contributed by atoms with Crippen molar-refractivity contribution in [1.29, 1.82) is 0 Å². The lowest BCUT2D eigenvalue weighted by molar-refractivity contribution is -0.274. The van der Waals surface area contributed by atoms with E-state index in [0.717, 1.165) is 69.2 Å². The van der Waals surface area contributed by atoms with E-state index in [0.29, 0.717) is 10.7 Å². The molecule has 0 radical (unpaired) electrons. The second kappa shape index (κ2) is 14.4.